The van der Waals surface area contributed by atoms with Crippen LogP contribution in [0.3, 0.4) is 0 Å². The van der Waals surface area contributed by atoms with Gasteiger partial charge in [-0.25, -0.2) is 5.84 Å². The van der Waals surface area contributed by atoms with Crippen LogP contribution in [-0.2, 0) is 4.79 Å². The van der Waals surface area contributed by atoms with Crippen molar-refractivity contribution in [2.75, 3.05) is 6.54 Å². The number of nitrogens with two attached hydrogens (primary N) is 1. The third kappa shape index (κ3) is 7.89. The lowest BCUT2D eigenvalue weighted by molar-refractivity contribution is -0.123. The Morgan fingerprint density at radius 1 is 1.28 bits per heavy atom. The van der Waals surface area contributed by atoms with Crippen LogP contribution in [0.1, 0.15) is 41.5 Å². The number of nitrogens with zero attached hydrogens (tertiary/aromatic N) is 1. The van der Waals surface area contributed by atoms with E-state index in [-0.39, 0.29) is 11.4 Å². The average molecular weight is 257 g/mol. The minimum atomic E-state index is -0.397. The van der Waals surface area contributed by atoms with Crippen molar-refractivity contribution >= 4 is 11.9 Å². The molecule has 6 nitrogen and oxygen atoms in total. The summed E-state index contributed by atoms with van der Waals surface area (Å²) < 4.78 is 0. The number of rotatable bonds is 4. The van der Waals surface area contributed by atoms with Crippen LogP contribution < -0.4 is 21.9 Å². The van der Waals surface area contributed by atoms with Crippen molar-refractivity contribution in [2.24, 2.45) is 16.8 Å². The molecule has 0 aliphatic carbocycles. The van der Waals surface area contributed by atoms with Crippen LogP contribution in [0, 0.1) is 5.92 Å². The van der Waals surface area contributed by atoms with Gasteiger partial charge in [0, 0.05) is 12.1 Å². The number of hydrazine groups is 1. The number of aliphatic imine (C=N–C) groups is 1. The monoisotopic (exact) mass is 257 g/mol. The van der Waals surface area contributed by atoms with Crippen molar-refractivity contribution in [3.8, 4) is 0 Å². The molecule has 0 saturated heterocycles. The number of hydrogen-bond acceptors (Lipinski definition) is 3. The van der Waals surface area contributed by atoms with E-state index in [1.807, 2.05) is 20.8 Å². The van der Waals surface area contributed by atoms with Crippen molar-refractivity contribution < 1.29 is 4.79 Å². The molecule has 1 amide bonds. The lowest BCUT2D eigenvalue weighted by atomic mass is 10.1. The Labute approximate surface area is 110 Å². The zero-order valence-electron chi connectivity index (χ0n) is 12.3. The molecule has 5 N–H and O–H groups in total. The first-order valence-electron chi connectivity index (χ1n) is 6.25. The second kappa shape index (κ2) is 7.20. The molecule has 0 aromatic carbocycles. The van der Waals surface area contributed by atoms with E-state index in [1.54, 1.807) is 6.92 Å². The topological polar surface area (TPSA) is 91.5 Å². The van der Waals surface area contributed by atoms with E-state index in [9.17, 15) is 4.79 Å². The molecule has 0 heterocycles. The third-order valence-corrected chi connectivity index (χ3v) is 2.00. The SMILES string of the molecule is CC(C)CN=C(NN)NC(C)C(=O)NC(C)(C)C. The summed E-state index contributed by atoms with van der Waals surface area (Å²) in [6.45, 7) is 12.4. The molecule has 0 aliphatic rings. The Bertz CT molecular complexity index is 293. The Kier molecular flexibility index (Phi) is 6.68. The van der Waals surface area contributed by atoms with Gasteiger partial charge in [-0.3, -0.25) is 15.2 Å². The van der Waals surface area contributed by atoms with E-state index in [0.717, 1.165) is 0 Å². The maximum atomic E-state index is 11.9. The molecule has 6 heteroatoms. The summed E-state index contributed by atoms with van der Waals surface area (Å²) in [5.41, 5.74) is 2.21. The number of carbonyl (C=O) groups excluding carboxylic acids is 1. The van der Waals surface area contributed by atoms with Crippen LogP contribution in [0.2, 0.25) is 0 Å². The van der Waals surface area contributed by atoms with Gasteiger partial charge in [-0.05, 0) is 33.6 Å². The van der Waals surface area contributed by atoms with Crippen molar-refractivity contribution in [2.45, 2.75) is 53.1 Å². The molecule has 106 valence electrons. The zero-order chi connectivity index (χ0) is 14.3. The van der Waals surface area contributed by atoms with E-state index in [4.69, 9.17) is 5.84 Å². The number of nitrogens with one attached hydrogen (secondary N) is 3. The number of guanidine groups is 1. The van der Waals surface area contributed by atoms with E-state index in [1.165, 1.54) is 0 Å². The van der Waals surface area contributed by atoms with Crippen molar-refractivity contribution in [1.82, 2.24) is 16.1 Å². The fourth-order valence-electron chi connectivity index (χ4n) is 1.16. The molecular formula is C12H27N5O. The first-order valence-corrected chi connectivity index (χ1v) is 6.25. The molecule has 0 spiro atoms. The van der Waals surface area contributed by atoms with Crippen LogP contribution in [0.25, 0.3) is 0 Å². The van der Waals surface area contributed by atoms with Gasteiger partial charge in [-0.15, -0.1) is 0 Å². The summed E-state index contributed by atoms with van der Waals surface area (Å²) in [5, 5.41) is 5.83. The smallest absolute Gasteiger partial charge is 0.242 e. The molecule has 0 radical (unpaired) electrons. The lowest BCUT2D eigenvalue weighted by Crippen LogP contribution is -2.54. The Balaban J connectivity index is 4.39. The van der Waals surface area contributed by atoms with Gasteiger partial charge in [0.1, 0.15) is 6.04 Å². The van der Waals surface area contributed by atoms with Gasteiger partial charge >= 0.3 is 0 Å². The predicted octanol–water partition coefficient (Wildman–Crippen LogP) is 0.355. The maximum absolute atomic E-state index is 11.9. The first kappa shape index (κ1) is 16.7. The summed E-state index contributed by atoms with van der Waals surface area (Å²) in [5.74, 6) is 6.14. The normalized spacial score (nSPS) is 14.3. The van der Waals surface area contributed by atoms with Gasteiger partial charge in [0.2, 0.25) is 11.9 Å². The van der Waals surface area contributed by atoms with Crippen LogP contribution in [0.15, 0.2) is 4.99 Å². The lowest BCUT2D eigenvalue weighted by Gasteiger charge is -2.24. The zero-order valence-corrected chi connectivity index (χ0v) is 12.3. The van der Waals surface area contributed by atoms with Crippen LogP contribution in [0.5, 0.6) is 0 Å². The van der Waals surface area contributed by atoms with Gasteiger partial charge in [0.25, 0.3) is 0 Å². The van der Waals surface area contributed by atoms with Crippen molar-refractivity contribution in [3.63, 3.8) is 0 Å². The fourth-order valence-corrected chi connectivity index (χ4v) is 1.16. The van der Waals surface area contributed by atoms with E-state index < -0.39 is 6.04 Å². The highest BCUT2D eigenvalue weighted by molar-refractivity contribution is 5.88. The molecule has 0 bridgehead atoms. The average Bonchev–Trinajstić information content (AvgIpc) is 2.21. The summed E-state index contributed by atoms with van der Waals surface area (Å²) >= 11 is 0. The molecule has 1 atom stereocenters. The number of hydrogen-bond donors (Lipinski definition) is 4. The third-order valence-electron chi connectivity index (χ3n) is 2.00. The van der Waals surface area contributed by atoms with Gasteiger partial charge in [-0.1, -0.05) is 13.8 Å². The Hall–Kier alpha value is -1.30. The highest BCUT2D eigenvalue weighted by Crippen LogP contribution is 1.99. The molecule has 0 aromatic heterocycles. The quantitative estimate of drug-likeness (QED) is 0.253. The van der Waals surface area contributed by atoms with Crippen LogP contribution in [-0.4, -0.2) is 30.0 Å². The van der Waals surface area contributed by atoms with Gasteiger partial charge in [0.05, 0.1) is 0 Å². The van der Waals surface area contributed by atoms with E-state index in [2.05, 4.69) is 34.9 Å². The van der Waals surface area contributed by atoms with Crippen LogP contribution >= 0.6 is 0 Å². The highest BCUT2D eigenvalue weighted by Gasteiger charge is 2.19. The first-order chi connectivity index (χ1) is 8.15. The molecule has 0 rings (SSSR count). The molecule has 0 aromatic rings. The van der Waals surface area contributed by atoms with E-state index >= 15 is 0 Å². The fraction of sp³-hybridized carbons (Fsp3) is 0.833. The minimum absolute atomic E-state index is 0.0880. The predicted molar refractivity (Wildman–Crippen MR) is 75.0 cm³/mol. The van der Waals surface area contributed by atoms with Gasteiger partial charge in [-0.2, -0.15) is 0 Å². The maximum Gasteiger partial charge on any atom is 0.242 e. The number of amides is 1. The Morgan fingerprint density at radius 2 is 1.83 bits per heavy atom. The molecule has 0 fully saturated rings. The number of carbonyl (C=O) groups is 1. The largest absolute Gasteiger partial charge is 0.350 e. The summed E-state index contributed by atoms with van der Waals surface area (Å²) in [7, 11) is 0. The molecule has 0 saturated carbocycles. The summed E-state index contributed by atoms with van der Waals surface area (Å²) in [4.78, 5) is 16.1. The van der Waals surface area contributed by atoms with Crippen LogP contribution in [0.4, 0.5) is 0 Å². The molecule has 18 heavy (non-hydrogen) atoms. The second-order valence-electron chi connectivity index (χ2n) is 5.83. The molecule has 0 aliphatic heterocycles. The van der Waals surface area contributed by atoms with Gasteiger partial charge in [0.15, 0.2) is 0 Å². The second-order valence-corrected chi connectivity index (χ2v) is 5.83. The molecule has 1 unspecified atom stereocenters. The van der Waals surface area contributed by atoms with Crippen molar-refractivity contribution in [3.05, 3.63) is 0 Å². The van der Waals surface area contributed by atoms with Crippen molar-refractivity contribution in [1.29, 1.82) is 0 Å². The van der Waals surface area contributed by atoms with E-state index in [0.29, 0.717) is 18.4 Å². The summed E-state index contributed by atoms with van der Waals surface area (Å²) in [6, 6.07) is -0.397. The molecular weight excluding hydrogens is 230 g/mol. The standard InChI is InChI=1S/C12H27N5O/c1-8(2)7-14-11(17-13)15-9(3)10(18)16-12(4,5)6/h8-9H,7,13H2,1-6H3,(H,16,18)(H2,14,15,17). The Morgan fingerprint density at radius 3 is 2.22 bits per heavy atom. The van der Waals surface area contributed by atoms with Gasteiger partial charge < -0.3 is 10.6 Å². The summed E-state index contributed by atoms with van der Waals surface area (Å²) in [6.07, 6.45) is 0. The minimum Gasteiger partial charge on any atom is -0.350 e. The highest BCUT2D eigenvalue weighted by atomic mass is 16.2.